The van der Waals surface area contributed by atoms with Crippen molar-refractivity contribution in [2.24, 2.45) is 5.41 Å². The molecule has 122 valence electrons. The summed E-state index contributed by atoms with van der Waals surface area (Å²) < 4.78 is 0. The fraction of sp³-hybridized carbons (Fsp3) is 0.941. The van der Waals surface area contributed by atoms with E-state index in [0.29, 0.717) is 18.0 Å². The van der Waals surface area contributed by atoms with E-state index in [1.165, 1.54) is 51.5 Å². The number of nitrogens with zero attached hydrogens (tertiary/aromatic N) is 2. The second kappa shape index (κ2) is 7.59. The van der Waals surface area contributed by atoms with Crippen molar-refractivity contribution >= 4 is 5.91 Å². The van der Waals surface area contributed by atoms with Crippen LogP contribution in [0.5, 0.6) is 0 Å². The quantitative estimate of drug-likeness (QED) is 0.844. The molecule has 1 saturated carbocycles. The van der Waals surface area contributed by atoms with Gasteiger partial charge in [-0.05, 0) is 31.1 Å². The maximum Gasteiger partial charge on any atom is 0.236 e. The third-order valence-corrected chi connectivity index (χ3v) is 5.32. The van der Waals surface area contributed by atoms with Crippen LogP contribution < -0.4 is 5.32 Å². The molecule has 21 heavy (non-hydrogen) atoms. The molecule has 1 aliphatic carbocycles. The van der Waals surface area contributed by atoms with E-state index in [1.807, 2.05) is 14.1 Å². The van der Waals surface area contributed by atoms with Crippen molar-refractivity contribution in [1.82, 2.24) is 15.1 Å². The lowest BCUT2D eigenvalue weighted by molar-refractivity contribution is -0.130. The van der Waals surface area contributed by atoms with Gasteiger partial charge in [-0.1, -0.05) is 26.2 Å². The van der Waals surface area contributed by atoms with Gasteiger partial charge in [-0.2, -0.15) is 0 Å². The Morgan fingerprint density at radius 3 is 2.38 bits per heavy atom. The first kappa shape index (κ1) is 16.8. The molecule has 0 aromatic carbocycles. The standard InChI is InChI=1S/C17H33N3O/c1-17(9-5-4-6-10-17)14-18-15-7-11-20(12-8-15)13-16(21)19(2)3/h15,18H,4-14H2,1-3H3. The van der Waals surface area contributed by atoms with Crippen molar-refractivity contribution in [2.75, 3.05) is 40.3 Å². The molecule has 0 bridgehead atoms. The summed E-state index contributed by atoms with van der Waals surface area (Å²) in [5, 5.41) is 3.81. The molecule has 0 unspecified atom stereocenters. The fourth-order valence-electron chi connectivity index (χ4n) is 3.60. The van der Waals surface area contributed by atoms with Gasteiger partial charge in [0.1, 0.15) is 0 Å². The predicted molar refractivity (Wildman–Crippen MR) is 87.4 cm³/mol. The first-order valence-corrected chi connectivity index (χ1v) is 8.64. The Morgan fingerprint density at radius 2 is 1.81 bits per heavy atom. The van der Waals surface area contributed by atoms with Gasteiger partial charge in [-0.15, -0.1) is 0 Å². The lowest BCUT2D eigenvalue weighted by atomic mass is 9.75. The molecule has 0 atom stereocenters. The van der Waals surface area contributed by atoms with Crippen molar-refractivity contribution < 1.29 is 4.79 Å². The van der Waals surface area contributed by atoms with Crippen molar-refractivity contribution in [2.45, 2.75) is 57.9 Å². The Labute approximate surface area is 130 Å². The highest BCUT2D eigenvalue weighted by Crippen LogP contribution is 2.35. The third kappa shape index (κ3) is 5.26. The molecule has 4 heteroatoms. The Kier molecular flexibility index (Phi) is 6.06. The van der Waals surface area contributed by atoms with E-state index in [2.05, 4.69) is 17.1 Å². The number of piperidine rings is 1. The SMILES string of the molecule is CN(C)C(=O)CN1CCC(NCC2(C)CCCCC2)CC1. The molecule has 0 radical (unpaired) electrons. The number of amides is 1. The molecule has 0 spiro atoms. The number of likely N-dealkylation sites (N-methyl/N-ethyl adjacent to an activating group) is 1. The average Bonchev–Trinajstić information content (AvgIpc) is 2.47. The Bertz CT molecular complexity index is 329. The largest absolute Gasteiger partial charge is 0.348 e. The van der Waals surface area contributed by atoms with Gasteiger partial charge in [-0.25, -0.2) is 0 Å². The molecule has 1 aliphatic heterocycles. The van der Waals surface area contributed by atoms with Crippen molar-refractivity contribution in [1.29, 1.82) is 0 Å². The minimum absolute atomic E-state index is 0.219. The molecular formula is C17H33N3O. The van der Waals surface area contributed by atoms with Gasteiger partial charge in [0.2, 0.25) is 5.91 Å². The number of carbonyl (C=O) groups excluding carboxylic acids is 1. The zero-order valence-electron chi connectivity index (χ0n) is 14.2. The number of nitrogens with one attached hydrogen (secondary N) is 1. The monoisotopic (exact) mass is 295 g/mol. The topological polar surface area (TPSA) is 35.6 Å². The Hall–Kier alpha value is -0.610. The minimum Gasteiger partial charge on any atom is -0.348 e. The molecule has 2 fully saturated rings. The van der Waals surface area contributed by atoms with Crippen LogP contribution in [0.15, 0.2) is 0 Å². The van der Waals surface area contributed by atoms with Gasteiger partial charge in [0.15, 0.2) is 0 Å². The van der Waals surface area contributed by atoms with Crippen LogP contribution in [-0.2, 0) is 4.79 Å². The molecule has 0 aromatic heterocycles. The van der Waals surface area contributed by atoms with Crippen LogP contribution in [0.25, 0.3) is 0 Å². The molecule has 2 rings (SSSR count). The molecule has 1 amide bonds. The highest BCUT2D eigenvalue weighted by atomic mass is 16.2. The summed E-state index contributed by atoms with van der Waals surface area (Å²) in [6, 6.07) is 0.648. The van der Waals surface area contributed by atoms with Crippen LogP contribution in [0.4, 0.5) is 0 Å². The number of carbonyl (C=O) groups is 1. The van der Waals surface area contributed by atoms with Gasteiger partial charge in [-0.3, -0.25) is 9.69 Å². The van der Waals surface area contributed by atoms with Gasteiger partial charge in [0, 0.05) is 39.8 Å². The molecule has 1 heterocycles. The van der Waals surface area contributed by atoms with E-state index in [9.17, 15) is 4.79 Å². The van der Waals surface area contributed by atoms with Crippen molar-refractivity contribution in [3.05, 3.63) is 0 Å². The average molecular weight is 295 g/mol. The maximum atomic E-state index is 11.7. The lowest BCUT2D eigenvalue weighted by Crippen LogP contribution is -2.48. The van der Waals surface area contributed by atoms with Crippen LogP contribution in [0.1, 0.15) is 51.9 Å². The van der Waals surface area contributed by atoms with Crippen molar-refractivity contribution in [3.8, 4) is 0 Å². The molecule has 2 aliphatic rings. The summed E-state index contributed by atoms with van der Waals surface area (Å²) in [5.41, 5.74) is 0.524. The van der Waals surface area contributed by atoms with Crippen LogP contribution in [0.2, 0.25) is 0 Å². The van der Waals surface area contributed by atoms with Gasteiger partial charge >= 0.3 is 0 Å². The Balaban J connectivity index is 1.66. The number of rotatable bonds is 5. The zero-order chi connectivity index (χ0) is 15.3. The summed E-state index contributed by atoms with van der Waals surface area (Å²) in [6.07, 6.45) is 9.36. The number of hydrogen-bond donors (Lipinski definition) is 1. The second-order valence-corrected chi connectivity index (χ2v) is 7.59. The summed E-state index contributed by atoms with van der Waals surface area (Å²) in [6.45, 7) is 6.30. The molecule has 0 aromatic rings. The molecule has 1 saturated heterocycles. The first-order chi connectivity index (χ1) is 9.98. The highest BCUT2D eigenvalue weighted by molar-refractivity contribution is 5.77. The van der Waals surface area contributed by atoms with E-state index in [1.54, 1.807) is 4.90 Å². The van der Waals surface area contributed by atoms with E-state index < -0.39 is 0 Å². The molecular weight excluding hydrogens is 262 g/mol. The van der Waals surface area contributed by atoms with Gasteiger partial charge < -0.3 is 10.2 Å². The Morgan fingerprint density at radius 1 is 1.19 bits per heavy atom. The van der Waals surface area contributed by atoms with Gasteiger partial charge in [0.05, 0.1) is 6.54 Å². The lowest BCUT2D eigenvalue weighted by Gasteiger charge is -2.37. The number of likely N-dealkylation sites (tertiary alicyclic amines) is 1. The second-order valence-electron chi connectivity index (χ2n) is 7.59. The molecule has 1 N–H and O–H groups in total. The summed E-state index contributed by atoms with van der Waals surface area (Å²) in [5.74, 6) is 0.219. The summed E-state index contributed by atoms with van der Waals surface area (Å²) in [7, 11) is 3.67. The van der Waals surface area contributed by atoms with E-state index in [4.69, 9.17) is 0 Å². The van der Waals surface area contributed by atoms with Crippen LogP contribution in [0, 0.1) is 5.41 Å². The van der Waals surface area contributed by atoms with Crippen molar-refractivity contribution in [3.63, 3.8) is 0 Å². The fourth-order valence-corrected chi connectivity index (χ4v) is 3.60. The highest BCUT2D eigenvalue weighted by Gasteiger charge is 2.28. The van der Waals surface area contributed by atoms with E-state index in [0.717, 1.165) is 13.1 Å². The summed E-state index contributed by atoms with van der Waals surface area (Å²) in [4.78, 5) is 15.7. The third-order valence-electron chi connectivity index (χ3n) is 5.32. The smallest absolute Gasteiger partial charge is 0.236 e. The minimum atomic E-state index is 0.219. The van der Waals surface area contributed by atoms with E-state index in [-0.39, 0.29) is 5.91 Å². The van der Waals surface area contributed by atoms with Crippen LogP contribution in [-0.4, -0.2) is 62.0 Å². The van der Waals surface area contributed by atoms with Gasteiger partial charge in [0.25, 0.3) is 0 Å². The normalized spacial score (nSPS) is 24.0. The number of hydrogen-bond acceptors (Lipinski definition) is 3. The predicted octanol–water partition coefficient (Wildman–Crippen LogP) is 2.10. The molecule has 4 nitrogen and oxygen atoms in total. The summed E-state index contributed by atoms with van der Waals surface area (Å²) >= 11 is 0. The van der Waals surface area contributed by atoms with Crippen LogP contribution >= 0.6 is 0 Å². The maximum absolute atomic E-state index is 11.7. The first-order valence-electron chi connectivity index (χ1n) is 8.64. The van der Waals surface area contributed by atoms with Crippen LogP contribution in [0.3, 0.4) is 0 Å². The zero-order valence-corrected chi connectivity index (χ0v) is 14.2. The van der Waals surface area contributed by atoms with E-state index >= 15 is 0 Å².